The number of methoxy groups -OCH3 is 1. The van der Waals surface area contributed by atoms with Gasteiger partial charge in [-0.05, 0) is 62.6 Å². The number of sulfonamides is 1. The van der Waals surface area contributed by atoms with E-state index in [9.17, 15) is 13.2 Å². The van der Waals surface area contributed by atoms with Crippen molar-refractivity contribution in [2.24, 2.45) is 0 Å². The number of nitrogens with zero attached hydrogens (tertiary/aromatic N) is 1. The molecule has 0 aromatic heterocycles. The lowest BCUT2D eigenvalue weighted by atomic mass is 9.97. The average Bonchev–Trinajstić information content (AvgIpc) is 2.81. The molecule has 1 amide bonds. The molecule has 0 aliphatic rings. The number of carbonyl (C=O) groups is 1. The molecule has 7 heteroatoms. The van der Waals surface area contributed by atoms with E-state index in [4.69, 9.17) is 4.74 Å². The molecule has 6 nitrogen and oxygen atoms in total. The number of hydrogen-bond acceptors (Lipinski definition) is 4. The summed E-state index contributed by atoms with van der Waals surface area (Å²) in [6.45, 7) is 7.57. The summed E-state index contributed by atoms with van der Waals surface area (Å²) in [6.07, 6.45) is 0.680. The van der Waals surface area contributed by atoms with Crippen LogP contribution in [0.15, 0.2) is 71.6 Å². The zero-order valence-electron chi connectivity index (χ0n) is 20.3. The van der Waals surface area contributed by atoms with Crippen molar-refractivity contribution in [3.63, 3.8) is 0 Å². The van der Waals surface area contributed by atoms with E-state index in [0.717, 1.165) is 26.6 Å². The van der Waals surface area contributed by atoms with Gasteiger partial charge in [0.15, 0.2) is 0 Å². The van der Waals surface area contributed by atoms with E-state index in [1.807, 2.05) is 39.8 Å². The molecule has 0 radical (unpaired) electrons. The second kappa shape index (κ2) is 10.7. The smallest absolute Gasteiger partial charge is 0.264 e. The van der Waals surface area contributed by atoms with E-state index < -0.39 is 10.0 Å². The minimum atomic E-state index is -3.99. The summed E-state index contributed by atoms with van der Waals surface area (Å²) in [5, 5.41) is 3.03. The summed E-state index contributed by atoms with van der Waals surface area (Å²) in [4.78, 5) is 13.3. The van der Waals surface area contributed by atoms with Crippen molar-refractivity contribution in [2.75, 3.05) is 18.0 Å². The number of nitrogens with one attached hydrogen (secondary N) is 1. The zero-order valence-corrected chi connectivity index (χ0v) is 21.1. The van der Waals surface area contributed by atoms with E-state index in [-0.39, 0.29) is 23.4 Å². The van der Waals surface area contributed by atoms with Crippen LogP contribution in [0.4, 0.5) is 5.69 Å². The van der Waals surface area contributed by atoms with Crippen molar-refractivity contribution in [3.8, 4) is 5.75 Å². The highest BCUT2D eigenvalue weighted by atomic mass is 32.2. The van der Waals surface area contributed by atoms with Crippen molar-refractivity contribution in [3.05, 3.63) is 89.0 Å². The van der Waals surface area contributed by atoms with Crippen LogP contribution in [0.1, 0.15) is 41.6 Å². The van der Waals surface area contributed by atoms with Crippen molar-refractivity contribution in [2.45, 2.75) is 45.1 Å². The molecule has 0 aliphatic heterocycles. The van der Waals surface area contributed by atoms with Crippen molar-refractivity contribution < 1.29 is 17.9 Å². The third-order valence-electron chi connectivity index (χ3n) is 5.78. The van der Waals surface area contributed by atoms with Crippen molar-refractivity contribution in [1.29, 1.82) is 0 Å². The van der Waals surface area contributed by atoms with Gasteiger partial charge in [0.05, 0.1) is 23.7 Å². The van der Waals surface area contributed by atoms with Gasteiger partial charge in [0.1, 0.15) is 12.3 Å². The molecule has 0 saturated carbocycles. The number of aryl methyl sites for hydroxylation is 3. The van der Waals surface area contributed by atoms with Gasteiger partial charge in [-0.25, -0.2) is 8.42 Å². The highest BCUT2D eigenvalue weighted by molar-refractivity contribution is 7.92. The maximum absolute atomic E-state index is 13.6. The first-order valence-corrected chi connectivity index (χ1v) is 12.7. The standard InChI is InChI=1S/C27H32N2O4S/c1-6-26(25-15-12-20(3)16-21(25)4)28-27(30)18-29(22-8-7-9-23(17-22)33-5)34(31,32)24-13-10-19(2)11-14-24/h7-17,26H,6,18H2,1-5H3,(H,28,30). The average molecular weight is 481 g/mol. The summed E-state index contributed by atoms with van der Waals surface area (Å²) >= 11 is 0. The van der Waals surface area contributed by atoms with Crippen LogP contribution in [0.25, 0.3) is 0 Å². The lowest BCUT2D eigenvalue weighted by Crippen LogP contribution is -2.42. The molecular weight excluding hydrogens is 448 g/mol. The SMILES string of the molecule is CCC(NC(=O)CN(c1cccc(OC)c1)S(=O)(=O)c1ccc(C)cc1)c1ccc(C)cc1C. The maximum Gasteiger partial charge on any atom is 0.264 e. The van der Waals surface area contributed by atoms with Gasteiger partial charge in [0.25, 0.3) is 10.0 Å². The Bertz CT molecular complexity index is 1250. The van der Waals surface area contributed by atoms with Gasteiger partial charge in [-0.15, -0.1) is 0 Å². The molecule has 3 aromatic rings. The second-order valence-corrected chi connectivity index (χ2v) is 10.3. The fourth-order valence-corrected chi connectivity index (χ4v) is 5.32. The largest absolute Gasteiger partial charge is 0.497 e. The quantitative estimate of drug-likeness (QED) is 0.463. The highest BCUT2D eigenvalue weighted by Crippen LogP contribution is 2.28. The minimum Gasteiger partial charge on any atom is -0.497 e. The van der Waals surface area contributed by atoms with Gasteiger partial charge in [-0.1, -0.05) is 54.4 Å². The van der Waals surface area contributed by atoms with E-state index in [1.54, 1.807) is 48.5 Å². The number of carbonyl (C=O) groups excluding carboxylic acids is 1. The van der Waals surface area contributed by atoms with Gasteiger partial charge in [0, 0.05) is 6.07 Å². The molecule has 0 spiro atoms. The molecule has 0 saturated heterocycles. The molecule has 1 atom stereocenters. The Balaban J connectivity index is 1.94. The second-order valence-electron chi connectivity index (χ2n) is 8.41. The monoisotopic (exact) mass is 480 g/mol. The number of amides is 1. The number of rotatable bonds is 9. The molecule has 1 N–H and O–H groups in total. The molecule has 34 heavy (non-hydrogen) atoms. The Morgan fingerprint density at radius 2 is 1.65 bits per heavy atom. The van der Waals surface area contributed by atoms with Crippen LogP contribution < -0.4 is 14.4 Å². The third-order valence-corrected chi connectivity index (χ3v) is 7.57. The summed E-state index contributed by atoms with van der Waals surface area (Å²) in [5.41, 5.74) is 4.56. The predicted octanol–water partition coefficient (Wildman–Crippen LogP) is 5.08. The fourth-order valence-electron chi connectivity index (χ4n) is 3.90. The van der Waals surface area contributed by atoms with Crippen LogP contribution in [0.3, 0.4) is 0 Å². The van der Waals surface area contributed by atoms with Crippen molar-refractivity contribution >= 4 is 21.6 Å². The lowest BCUT2D eigenvalue weighted by Gasteiger charge is -2.26. The van der Waals surface area contributed by atoms with Crippen LogP contribution in [0.5, 0.6) is 5.75 Å². The summed E-state index contributed by atoms with van der Waals surface area (Å²) in [7, 11) is -2.48. The van der Waals surface area contributed by atoms with Crippen LogP contribution in [0.2, 0.25) is 0 Å². The summed E-state index contributed by atoms with van der Waals surface area (Å²) in [6, 6.07) is 19.2. The van der Waals surface area contributed by atoms with E-state index in [0.29, 0.717) is 17.9 Å². The van der Waals surface area contributed by atoms with Gasteiger partial charge in [-0.2, -0.15) is 0 Å². The minimum absolute atomic E-state index is 0.121. The molecule has 0 heterocycles. The van der Waals surface area contributed by atoms with Gasteiger partial charge in [-0.3, -0.25) is 9.10 Å². The molecule has 0 aliphatic carbocycles. The predicted molar refractivity (Wildman–Crippen MR) is 136 cm³/mol. The molecule has 3 rings (SSSR count). The van der Waals surface area contributed by atoms with Crippen LogP contribution in [-0.2, 0) is 14.8 Å². The number of ether oxygens (including phenoxy) is 1. The Hall–Kier alpha value is -3.32. The fraction of sp³-hybridized carbons (Fsp3) is 0.296. The lowest BCUT2D eigenvalue weighted by molar-refractivity contribution is -0.120. The van der Waals surface area contributed by atoms with Crippen LogP contribution >= 0.6 is 0 Å². The van der Waals surface area contributed by atoms with E-state index >= 15 is 0 Å². The Morgan fingerprint density at radius 1 is 0.971 bits per heavy atom. The van der Waals surface area contributed by atoms with Gasteiger partial charge >= 0.3 is 0 Å². The van der Waals surface area contributed by atoms with Crippen LogP contribution in [-0.4, -0.2) is 28.0 Å². The van der Waals surface area contributed by atoms with Gasteiger partial charge < -0.3 is 10.1 Å². The van der Waals surface area contributed by atoms with Crippen LogP contribution in [0, 0.1) is 20.8 Å². The van der Waals surface area contributed by atoms with Crippen molar-refractivity contribution in [1.82, 2.24) is 5.32 Å². The maximum atomic E-state index is 13.6. The first-order chi connectivity index (χ1) is 16.1. The molecule has 0 fully saturated rings. The molecule has 3 aromatic carbocycles. The highest BCUT2D eigenvalue weighted by Gasteiger charge is 2.28. The molecule has 0 bridgehead atoms. The summed E-state index contributed by atoms with van der Waals surface area (Å²) in [5.74, 6) is 0.120. The first-order valence-electron chi connectivity index (χ1n) is 11.3. The van der Waals surface area contributed by atoms with Gasteiger partial charge in [0.2, 0.25) is 5.91 Å². The van der Waals surface area contributed by atoms with E-state index in [2.05, 4.69) is 11.4 Å². The number of hydrogen-bond donors (Lipinski definition) is 1. The molecule has 180 valence electrons. The normalized spacial score (nSPS) is 12.1. The third kappa shape index (κ3) is 5.78. The summed E-state index contributed by atoms with van der Waals surface area (Å²) < 4.78 is 33.6. The van der Waals surface area contributed by atoms with E-state index in [1.165, 1.54) is 7.11 Å². The Morgan fingerprint density at radius 3 is 2.26 bits per heavy atom. The Kier molecular flexibility index (Phi) is 7.99. The number of benzene rings is 3. The number of anilines is 1. The zero-order chi connectivity index (χ0) is 24.9. The molecular formula is C27H32N2O4S. The Labute approximate surface area is 202 Å². The molecule has 1 unspecified atom stereocenters. The first kappa shape index (κ1) is 25.3. The topological polar surface area (TPSA) is 75.7 Å².